The molecular formula is C21H32N8O2. The molecule has 0 aromatic carbocycles. The van der Waals surface area contributed by atoms with Gasteiger partial charge in [-0.2, -0.15) is 9.97 Å². The molecule has 2 saturated heterocycles. The molecule has 0 radical (unpaired) electrons. The third kappa shape index (κ3) is 7.59. The number of amides is 1. The molecule has 10 heteroatoms. The Bertz CT molecular complexity index is 806. The van der Waals surface area contributed by atoms with Crippen LogP contribution in [0.25, 0.3) is 11.5 Å². The highest BCUT2D eigenvalue weighted by atomic mass is 16.5. The number of rotatable bonds is 5. The summed E-state index contributed by atoms with van der Waals surface area (Å²) in [4.78, 5) is 31.6. The van der Waals surface area contributed by atoms with Crippen molar-refractivity contribution in [1.29, 1.82) is 0 Å². The minimum atomic E-state index is -0.0511. The summed E-state index contributed by atoms with van der Waals surface area (Å²) in [7, 11) is 0. The highest BCUT2D eigenvalue weighted by Crippen LogP contribution is 2.15. The van der Waals surface area contributed by atoms with Gasteiger partial charge in [0, 0.05) is 38.9 Å². The van der Waals surface area contributed by atoms with Crippen LogP contribution in [-0.4, -0.2) is 83.2 Å². The lowest BCUT2D eigenvalue weighted by atomic mass is 9.99. The van der Waals surface area contributed by atoms with E-state index in [1.165, 1.54) is 0 Å². The first-order chi connectivity index (χ1) is 15.2. The number of hydrogen-bond acceptors (Lipinski definition) is 9. The van der Waals surface area contributed by atoms with Crippen molar-refractivity contribution in [1.82, 2.24) is 30.2 Å². The third-order valence-corrected chi connectivity index (χ3v) is 5.09. The smallest absolute Gasteiger partial charge is 0.233 e. The second-order valence-electron chi connectivity index (χ2n) is 7.52. The number of carbonyl (C=O) groups excluding carboxylic acids is 1. The van der Waals surface area contributed by atoms with Crippen molar-refractivity contribution in [2.24, 2.45) is 11.7 Å². The monoisotopic (exact) mass is 428 g/mol. The van der Waals surface area contributed by atoms with Crippen LogP contribution in [-0.2, 0) is 9.53 Å². The molecule has 0 spiro atoms. The molecule has 2 aliphatic heterocycles. The van der Waals surface area contributed by atoms with Crippen LogP contribution in [0.3, 0.4) is 0 Å². The summed E-state index contributed by atoms with van der Waals surface area (Å²) >= 11 is 0. The number of ether oxygens (including phenoxy) is 1. The van der Waals surface area contributed by atoms with E-state index in [0.717, 1.165) is 58.8 Å². The van der Waals surface area contributed by atoms with Crippen molar-refractivity contribution >= 4 is 11.9 Å². The summed E-state index contributed by atoms with van der Waals surface area (Å²) in [5.74, 6) is 1.20. The Morgan fingerprint density at radius 3 is 2.81 bits per heavy atom. The predicted octanol–water partition coefficient (Wildman–Crippen LogP) is 0.457. The number of piperidine rings is 1. The van der Waals surface area contributed by atoms with E-state index in [0.29, 0.717) is 23.9 Å². The second kappa shape index (κ2) is 12.4. The standard InChI is InChI=1S/C15H18N6O.C6H14N2O/c1-10-18-13(12-6-2-3-8-17-12)20-15(19-10)21-14(22)11-5-4-7-16-9-11;7-1-2-8-3-5-9-6-4-8/h2-3,6,8,11,16H,4-5,7,9H2,1H3,(H,18,19,20,21,22);1-7H2. The minimum Gasteiger partial charge on any atom is -0.379 e. The fourth-order valence-corrected chi connectivity index (χ4v) is 3.44. The SMILES string of the molecule is Cc1nc(NC(=O)C2CCCNC2)nc(-c2ccccn2)n1.NCCN1CCOCC1. The molecule has 2 aromatic heterocycles. The van der Waals surface area contributed by atoms with Crippen molar-refractivity contribution in [3.05, 3.63) is 30.2 Å². The normalized spacial score (nSPS) is 19.2. The maximum atomic E-state index is 12.3. The molecule has 4 heterocycles. The summed E-state index contributed by atoms with van der Waals surface area (Å²) in [5, 5.41) is 6.02. The number of nitrogens with zero attached hydrogens (tertiary/aromatic N) is 5. The van der Waals surface area contributed by atoms with E-state index in [1.54, 1.807) is 13.1 Å². The van der Waals surface area contributed by atoms with Gasteiger partial charge < -0.3 is 15.8 Å². The number of pyridine rings is 1. The largest absolute Gasteiger partial charge is 0.379 e. The van der Waals surface area contributed by atoms with Crippen LogP contribution in [0, 0.1) is 12.8 Å². The van der Waals surface area contributed by atoms with Crippen LogP contribution in [0.5, 0.6) is 0 Å². The molecular weight excluding hydrogens is 396 g/mol. The zero-order valence-corrected chi connectivity index (χ0v) is 18.1. The Balaban J connectivity index is 0.000000254. The van der Waals surface area contributed by atoms with Crippen LogP contribution in [0.4, 0.5) is 5.95 Å². The average Bonchev–Trinajstić information content (AvgIpc) is 2.81. The predicted molar refractivity (Wildman–Crippen MR) is 118 cm³/mol. The molecule has 1 unspecified atom stereocenters. The van der Waals surface area contributed by atoms with Gasteiger partial charge in [-0.1, -0.05) is 6.07 Å². The van der Waals surface area contributed by atoms with Crippen molar-refractivity contribution in [2.75, 3.05) is 57.8 Å². The number of nitrogens with one attached hydrogen (secondary N) is 2. The number of hydrogen-bond donors (Lipinski definition) is 3. The van der Waals surface area contributed by atoms with E-state index < -0.39 is 0 Å². The summed E-state index contributed by atoms with van der Waals surface area (Å²) < 4.78 is 5.16. The van der Waals surface area contributed by atoms with E-state index >= 15 is 0 Å². The molecule has 1 amide bonds. The van der Waals surface area contributed by atoms with E-state index in [4.69, 9.17) is 10.5 Å². The molecule has 4 rings (SSSR count). The van der Waals surface area contributed by atoms with Gasteiger partial charge in [-0.15, -0.1) is 0 Å². The van der Waals surface area contributed by atoms with Gasteiger partial charge in [-0.05, 0) is 38.4 Å². The van der Waals surface area contributed by atoms with Gasteiger partial charge in [0.15, 0.2) is 5.82 Å². The summed E-state index contributed by atoms with van der Waals surface area (Å²) in [6.45, 7) is 9.07. The molecule has 2 aliphatic rings. The highest BCUT2D eigenvalue weighted by molar-refractivity contribution is 5.91. The molecule has 0 aliphatic carbocycles. The number of nitrogens with two attached hydrogens (primary N) is 1. The van der Waals surface area contributed by atoms with E-state index in [-0.39, 0.29) is 17.8 Å². The molecule has 168 valence electrons. The maximum absolute atomic E-state index is 12.3. The number of anilines is 1. The van der Waals surface area contributed by atoms with Crippen molar-refractivity contribution in [3.63, 3.8) is 0 Å². The number of carbonyl (C=O) groups is 1. The van der Waals surface area contributed by atoms with Gasteiger partial charge in [0.25, 0.3) is 0 Å². The molecule has 31 heavy (non-hydrogen) atoms. The Labute approximate surface area is 183 Å². The van der Waals surface area contributed by atoms with Gasteiger partial charge in [0.1, 0.15) is 11.5 Å². The summed E-state index contributed by atoms with van der Waals surface area (Å²) in [5.41, 5.74) is 6.03. The molecule has 2 fully saturated rings. The first-order valence-corrected chi connectivity index (χ1v) is 10.8. The fraction of sp³-hybridized carbons (Fsp3) is 0.571. The fourth-order valence-electron chi connectivity index (χ4n) is 3.44. The van der Waals surface area contributed by atoms with Gasteiger partial charge in [-0.3, -0.25) is 20.0 Å². The Kier molecular flexibility index (Phi) is 9.22. The van der Waals surface area contributed by atoms with Gasteiger partial charge >= 0.3 is 0 Å². The Morgan fingerprint density at radius 2 is 2.13 bits per heavy atom. The number of morpholine rings is 1. The molecule has 0 saturated carbocycles. The van der Waals surface area contributed by atoms with E-state index in [9.17, 15) is 4.79 Å². The molecule has 0 bridgehead atoms. The number of aryl methyl sites for hydroxylation is 1. The quantitative estimate of drug-likeness (QED) is 0.621. The van der Waals surface area contributed by atoms with Gasteiger partial charge in [0.2, 0.25) is 11.9 Å². The number of aromatic nitrogens is 4. The van der Waals surface area contributed by atoms with Gasteiger partial charge in [0.05, 0.1) is 19.1 Å². The topological polar surface area (TPSA) is 131 Å². The Hall–Kier alpha value is -2.53. The molecule has 10 nitrogen and oxygen atoms in total. The average molecular weight is 429 g/mol. The lowest BCUT2D eigenvalue weighted by Gasteiger charge is -2.25. The zero-order valence-electron chi connectivity index (χ0n) is 18.1. The highest BCUT2D eigenvalue weighted by Gasteiger charge is 2.22. The lowest BCUT2D eigenvalue weighted by molar-refractivity contribution is -0.120. The Morgan fingerprint density at radius 1 is 1.29 bits per heavy atom. The van der Waals surface area contributed by atoms with Crippen LogP contribution in [0.1, 0.15) is 18.7 Å². The van der Waals surface area contributed by atoms with E-state index in [1.807, 2.05) is 18.2 Å². The summed E-state index contributed by atoms with van der Waals surface area (Å²) in [6.07, 6.45) is 3.57. The first-order valence-electron chi connectivity index (χ1n) is 10.8. The zero-order chi connectivity index (χ0) is 21.9. The van der Waals surface area contributed by atoms with Crippen LogP contribution < -0.4 is 16.4 Å². The van der Waals surface area contributed by atoms with Crippen molar-refractivity contribution in [3.8, 4) is 11.5 Å². The van der Waals surface area contributed by atoms with E-state index in [2.05, 4.69) is 35.5 Å². The van der Waals surface area contributed by atoms with Crippen LogP contribution >= 0.6 is 0 Å². The third-order valence-electron chi connectivity index (χ3n) is 5.09. The van der Waals surface area contributed by atoms with Crippen molar-refractivity contribution in [2.45, 2.75) is 19.8 Å². The minimum absolute atomic E-state index is 0.0379. The van der Waals surface area contributed by atoms with Crippen molar-refractivity contribution < 1.29 is 9.53 Å². The first kappa shape index (κ1) is 23.1. The van der Waals surface area contributed by atoms with Crippen LogP contribution in [0.15, 0.2) is 24.4 Å². The van der Waals surface area contributed by atoms with Crippen LogP contribution in [0.2, 0.25) is 0 Å². The molecule has 1 atom stereocenters. The van der Waals surface area contributed by atoms with Gasteiger partial charge in [-0.25, -0.2) is 4.98 Å². The molecule has 2 aromatic rings. The molecule has 4 N–H and O–H groups in total. The lowest BCUT2D eigenvalue weighted by Crippen LogP contribution is -2.39. The summed E-state index contributed by atoms with van der Waals surface area (Å²) in [6, 6.07) is 5.52. The maximum Gasteiger partial charge on any atom is 0.233 e. The second-order valence-corrected chi connectivity index (χ2v) is 7.52.